The average Bonchev–Trinajstić information content (AvgIpc) is 3.42. The summed E-state index contributed by atoms with van der Waals surface area (Å²) in [6, 6.07) is 9.91. The second-order valence-corrected chi connectivity index (χ2v) is 5.24. The normalized spacial score (nSPS) is 19.3. The van der Waals surface area contributed by atoms with E-state index in [4.69, 9.17) is 5.26 Å². The van der Waals surface area contributed by atoms with Crippen molar-refractivity contribution in [1.29, 1.82) is 5.26 Å². The van der Waals surface area contributed by atoms with Gasteiger partial charge < -0.3 is 0 Å². The molecule has 0 bridgehead atoms. The maximum absolute atomic E-state index is 9.15. The molecular formula is C21H19BCoN-. The number of allylic oxidation sites excluding steroid dienone is 2. The third-order valence-electron chi connectivity index (χ3n) is 3.62. The van der Waals surface area contributed by atoms with E-state index in [1.54, 1.807) is 0 Å². The van der Waals surface area contributed by atoms with Crippen molar-refractivity contribution in [3.8, 4) is 5.97 Å². The fourth-order valence-corrected chi connectivity index (χ4v) is 2.34. The molecular weight excluding hydrogens is 336 g/mol. The Bertz CT molecular complexity index is 499. The molecule has 1 aromatic carbocycles. The van der Waals surface area contributed by atoms with Gasteiger partial charge in [-0.1, -0.05) is 30.3 Å². The molecule has 2 saturated carbocycles. The van der Waals surface area contributed by atoms with Gasteiger partial charge in [0.15, 0.2) is 6.15 Å². The van der Waals surface area contributed by atoms with Crippen LogP contribution in [0.4, 0.5) is 0 Å². The van der Waals surface area contributed by atoms with Gasteiger partial charge in [0.2, 0.25) is 0 Å². The van der Waals surface area contributed by atoms with Crippen LogP contribution in [0.2, 0.25) is 0 Å². The second kappa shape index (κ2) is 12.2. The minimum atomic E-state index is -1.21. The number of nitrogens with zero attached hydrogens (tertiary/aromatic N) is 1. The third kappa shape index (κ3) is 6.71. The van der Waals surface area contributed by atoms with Crippen molar-refractivity contribution >= 4 is 11.6 Å². The van der Waals surface area contributed by atoms with Gasteiger partial charge in [0.05, 0.1) is 0 Å². The van der Waals surface area contributed by atoms with Crippen molar-refractivity contribution in [1.82, 2.24) is 0 Å². The molecule has 3 heteroatoms. The molecule has 2 aliphatic carbocycles. The van der Waals surface area contributed by atoms with Gasteiger partial charge in [-0.2, -0.15) is 5.46 Å². The Balaban J connectivity index is 0.000000216. The van der Waals surface area contributed by atoms with Crippen molar-refractivity contribution in [2.45, 2.75) is 0 Å². The molecule has 2 fully saturated rings. The monoisotopic (exact) mass is 355 g/mol. The molecule has 0 aromatic heterocycles. The number of rotatable bonds is 1. The van der Waals surface area contributed by atoms with E-state index in [0.29, 0.717) is 0 Å². The molecule has 121 valence electrons. The smallest absolute Gasteiger partial charge is 0.169 e. The predicted octanol–water partition coefficient (Wildman–Crippen LogP) is 3.65. The van der Waals surface area contributed by atoms with E-state index in [1.807, 2.05) is 119 Å². The zero-order valence-electron chi connectivity index (χ0n) is 13.3. The Morgan fingerprint density at radius 2 is 1.00 bits per heavy atom. The molecule has 24 heavy (non-hydrogen) atoms. The number of benzene rings is 1. The van der Waals surface area contributed by atoms with Gasteiger partial charge in [0.1, 0.15) is 0 Å². The molecule has 11 radical (unpaired) electrons. The quantitative estimate of drug-likeness (QED) is 0.706. The van der Waals surface area contributed by atoms with Gasteiger partial charge in [0, 0.05) is 16.8 Å². The van der Waals surface area contributed by atoms with Crippen molar-refractivity contribution in [3.63, 3.8) is 0 Å². The Labute approximate surface area is 158 Å². The zero-order valence-corrected chi connectivity index (χ0v) is 14.4. The first-order chi connectivity index (χ1) is 11.4. The summed E-state index contributed by atoms with van der Waals surface area (Å²) >= 11 is 0. The van der Waals surface area contributed by atoms with Crippen molar-refractivity contribution in [2.24, 2.45) is 0 Å². The van der Waals surface area contributed by atoms with E-state index < -0.39 is 6.15 Å². The summed E-state index contributed by atoms with van der Waals surface area (Å²) in [6.45, 7) is 0. The molecule has 1 aliphatic heterocycles. The van der Waals surface area contributed by atoms with Crippen LogP contribution in [0.3, 0.4) is 0 Å². The molecule has 0 amide bonds. The number of nitriles is 1. The van der Waals surface area contributed by atoms with Crippen molar-refractivity contribution in [3.05, 3.63) is 119 Å². The van der Waals surface area contributed by atoms with Crippen LogP contribution < -0.4 is 5.46 Å². The van der Waals surface area contributed by atoms with Crippen LogP contribution >= 0.6 is 0 Å². The van der Waals surface area contributed by atoms with Crippen molar-refractivity contribution < 1.29 is 16.8 Å². The SMILES string of the molecule is N#C[B-]1(c2ccccc2)C=CC=C1.[CH]1[CH][CH][CH][CH]1.[CH]1[CH][CH][CH][CH]1.[Co]. The molecule has 0 unspecified atom stereocenters. The summed E-state index contributed by atoms with van der Waals surface area (Å²) in [4.78, 5) is 0. The van der Waals surface area contributed by atoms with Gasteiger partial charge in [-0.3, -0.25) is 0 Å². The van der Waals surface area contributed by atoms with E-state index in [-0.39, 0.29) is 16.8 Å². The number of hydrogen-bond acceptors (Lipinski definition) is 1. The Hall–Kier alpha value is -1.24. The topological polar surface area (TPSA) is 23.8 Å². The fraction of sp³-hybridized carbons (Fsp3) is 0. The van der Waals surface area contributed by atoms with Crippen LogP contribution in [0.5, 0.6) is 0 Å². The molecule has 1 aromatic rings. The average molecular weight is 355 g/mol. The molecule has 0 atom stereocenters. The largest absolute Gasteiger partial charge is 0.249 e. The Kier molecular flexibility index (Phi) is 10.6. The van der Waals surface area contributed by atoms with Gasteiger partial charge in [-0.05, 0) is 64.2 Å². The van der Waals surface area contributed by atoms with E-state index >= 15 is 0 Å². The van der Waals surface area contributed by atoms with Gasteiger partial charge >= 0.3 is 0 Å². The molecule has 1 nitrogen and oxygen atoms in total. The summed E-state index contributed by atoms with van der Waals surface area (Å²) in [6.07, 6.45) is 22.7. The summed E-state index contributed by atoms with van der Waals surface area (Å²) in [7, 11) is 0. The number of hydrogen-bond donors (Lipinski definition) is 0. The molecule has 0 saturated heterocycles. The molecule has 1 heterocycles. The molecule has 0 N–H and O–H groups in total. The van der Waals surface area contributed by atoms with Crippen molar-refractivity contribution in [2.75, 3.05) is 0 Å². The summed E-state index contributed by atoms with van der Waals surface area (Å²) < 4.78 is 0. The molecule has 4 rings (SSSR count). The second-order valence-electron chi connectivity index (χ2n) is 5.24. The predicted molar refractivity (Wildman–Crippen MR) is 98.7 cm³/mol. The Morgan fingerprint density at radius 3 is 1.33 bits per heavy atom. The molecule has 0 spiro atoms. The van der Waals surface area contributed by atoms with Crippen LogP contribution in [-0.2, 0) is 16.8 Å². The summed E-state index contributed by atoms with van der Waals surface area (Å²) in [5.41, 5.74) is 1.09. The zero-order chi connectivity index (χ0) is 16.2. The van der Waals surface area contributed by atoms with Crippen LogP contribution in [0.1, 0.15) is 0 Å². The maximum Gasteiger partial charge on any atom is 0.169 e. The maximum atomic E-state index is 9.15. The first-order valence-electron chi connectivity index (χ1n) is 7.71. The minimum Gasteiger partial charge on any atom is -0.249 e. The fourth-order valence-electron chi connectivity index (χ4n) is 2.34. The standard InChI is InChI=1S/C11H9BN.2C5H5.Co/c13-10-12(8-4-5-9-12)11-6-2-1-3-7-11;2*1-2-4-5-3-1;/h1-9H;2*1-5H;/q-1;;;. The Morgan fingerprint density at radius 1 is 0.625 bits per heavy atom. The summed E-state index contributed by atoms with van der Waals surface area (Å²) in [5, 5.41) is 9.15. The minimum absolute atomic E-state index is 0. The first kappa shape index (κ1) is 20.8. The third-order valence-corrected chi connectivity index (χ3v) is 3.62. The van der Waals surface area contributed by atoms with E-state index in [0.717, 1.165) is 5.46 Å². The van der Waals surface area contributed by atoms with E-state index in [2.05, 4.69) is 5.97 Å². The van der Waals surface area contributed by atoms with Crippen LogP contribution in [0, 0.1) is 75.4 Å². The van der Waals surface area contributed by atoms with Gasteiger partial charge in [-0.15, -0.1) is 18.1 Å². The van der Waals surface area contributed by atoms with Gasteiger partial charge in [0.25, 0.3) is 0 Å². The van der Waals surface area contributed by atoms with Gasteiger partial charge in [-0.25, -0.2) is 17.2 Å². The van der Waals surface area contributed by atoms with Crippen LogP contribution in [-0.4, -0.2) is 6.15 Å². The molecule has 3 aliphatic rings. The first-order valence-corrected chi connectivity index (χ1v) is 7.71. The van der Waals surface area contributed by atoms with Crippen LogP contribution in [0.25, 0.3) is 0 Å². The van der Waals surface area contributed by atoms with Crippen LogP contribution in [0.15, 0.2) is 54.4 Å². The summed E-state index contributed by atoms with van der Waals surface area (Å²) in [5.74, 6) is 6.35. The van der Waals surface area contributed by atoms with E-state index in [9.17, 15) is 0 Å². The van der Waals surface area contributed by atoms with E-state index in [1.165, 1.54) is 0 Å².